The highest BCUT2D eigenvalue weighted by Gasteiger charge is 2.15. The number of likely N-dealkylation sites (N-methyl/N-ethyl adjacent to an activating group) is 1. The Morgan fingerprint density at radius 3 is 2.64 bits per heavy atom. The Morgan fingerprint density at radius 1 is 1.32 bits per heavy atom. The molecule has 0 unspecified atom stereocenters. The molecular weight excluding hydrogens is 348 g/mol. The summed E-state index contributed by atoms with van der Waals surface area (Å²) in [6.07, 6.45) is 0.700. The third-order valence-electron chi connectivity index (χ3n) is 3.39. The second-order valence-corrected chi connectivity index (χ2v) is 5.77. The van der Waals surface area contributed by atoms with E-state index in [9.17, 15) is 4.79 Å². The van der Waals surface area contributed by atoms with Crippen LogP contribution in [0.15, 0.2) is 16.7 Å². The maximum Gasteiger partial charge on any atom is 0.240 e. The number of rotatable bonds is 8. The molecule has 0 bridgehead atoms. The number of nitrogens with one attached hydrogen (secondary N) is 1. The number of aryl methyl sites for hydroxylation is 1. The van der Waals surface area contributed by atoms with Crippen LogP contribution >= 0.6 is 11.6 Å². The SMILES string of the molecule is CCc1noc(CN(C)CC(=O)Nc2cc(Cl)c(OC)cc2OC)n1. The van der Waals surface area contributed by atoms with Crippen molar-refractivity contribution < 1.29 is 18.8 Å². The molecule has 0 saturated carbocycles. The van der Waals surface area contributed by atoms with Crippen LogP contribution in [0.3, 0.4) is 0 Å². The molecule has 0 radical (unpaired) electrons. The highest BCUT2D eigenvalue weighted by atomic mass is 35.5. The molecular formula is C16H21ClN4O4. The van der Waals surface area contributed by atoms with Gasteiger partial charge >= 0.3 is 0 Å². The molecule has 8 nitrogen and oxygen atoms in total. The highest BCUT2D eigenvalue weighted by Crippen LogP contribution is 2.35. The lowest BCUT2D eigenvalue weighted by Gasteiger charge is -2.16. The van der Waals surface area contributed by atoms with Crippen molar-refractivity contribution in [3.8, 4) is 11.5 Å². The smallest absolute Gasteiger partial charge is 0.240 e. The van der Waals surface area contributed by atoms with Gasteiger partial charge in [-0.2, -0.15) is 4.98 Å². The van der Waals surface area contributed by atoms with E-state index in [-0.39, 0.29) is 12.5 Å². The molecule has 1 heterocycles. The number of amides is 1. The number of carbonyl (C=O) groups is 1. The first-order valence-corrected chi connectivity index (χ1v) is 8.06. The van der Waals surface area contributed by atoms with Crippen LogP contribution in [0.2, 0.25) is 5.02 Å². The van der Waals surface area contributed by atoms with Crippen molar-refractivity contribution in [3.63, 3.8) is 0 Å². The van der Waals surface area contributed by atoms with Crippen LogP contribution in [0, 0.1) is 0 Å². The van der Waals surface area contributed by atoms with Crippen LogP contribution in [0.25, 0.3) is 0 Å². The standard InChI is InChI=1S/C16H21ClN4O4/c1-5-14-19-16(25-20-14)9-21(2)8-15(22)18-11-6-10(17)12(23-3)7-13(11)24-4/h6-7H,5,8-9H2,1-4H3,(H,18,22). The van der Waals surface area contributed by atoms with Gasteiger partial charge in [0.15, 0.2) is 5.82 Å². The van der Waals surface area contributed by atoms with E-state index in [0.717, 1.165) is 0 Å². The molecule has 0 saturated heterocycles. The molecule has 1 aromatic heterocycles. The predicted molar refractivity (Wildman–Crippen MR) is 93.2 cm³/mol. The second kappa shape index (κ2) is 8.68. The average molecular weight is 369 g/mol. The largest absolute Gasteiger partial charge is 0.495 e. The summed E-state index contributed by atoms with van der Waals surface area (Å²) in [6.45, 7) is 2.46. The highest BCUT2D eigenvalue weighted by molar-refractivity contribution is 6.32. The van der Waals surface area contributed by atoms with Gasteiger partial charge in [0, 0.05) is 12.5 Å². The first-order chi connectivity index (χ1) is 12.0. The first-order valence-electron chi connectivity index (χ1n) is 7.68. The lowest BCUT2D eigenvalue weighted by atomic mass is 10.2. The third kappa shape index (κ3) is 5.07. The van der Waals surface area contributed by atoms with Crippen LogP contribution in [-0.2, 0) is 17.8 Å². The van der Waals surface area contributed by atoms with Crippen molar-refractivity contribution in [3.05, 3.63) is 28.9 Å². The number of anilines is 1. The molecule has 0 fully saturated rings. The number of hydrogen-bond acceptors (Lipinski definition) is 7. The van der Waals surface area contributed by atoms with Crippen molar-refractivity contribution >= 4 is 23.2 Å². The van der Waals surface area contributed by atoms with E-state index in [2.05, 4.69) is 15.5 Å². The van der Waals surface area contributed by atoms with E-state index in [0.29, 0.717) is 46.9 Å². The van der Waals surface area contributed by atoms with E-state index in [1.807, 2.05) is 6.92 Å². The maximum absolute atomic E-state index is 12.3. The Morgan fingerprint density at radius 2 is 2.04 bits per heavy atom. The van der Waals surface area contributed by atoms with Crippen molar-refractivity contribution in [2.75, 3.05) is 33.1 Å². The monoisotopic (exact) mass is 368 g/mol. The molecule has 0 atom stereocenters. The van der Waals surface area contributed by atoms with Gasteiger partial charge in [0.2, 0.25) is 11.8 Å². The summed E-state index contributed by atoms with van der Waals surface area (Å²) in [5.41, 5.74) is 0.470. The summed E-state index contributed by atoms with van der Waals surface area (Å²) in [5.74, 6) is 1.82. The molecule has 1 aromatic carbocycles. The first kappa shape index (κ1) is 19.0. The Kier molecular flexibility index (Phi) is 6.60. The quantitative estimate of drug-likeness (QED) is 0.764. The number of methoxy groups -OCH3 is 2. The number of halogens is 1. The minimum Gasteiger partial charge on any atom is -0.495 e. The number of hydrogen-bond donors (Lipinski definition) is 1. The van der Waals surface area contributed by atoms with Gasteiger partial charge in [-0.15, -0.1) is 0 Å². The fourth-order valence-corrected chi connectivity index (χ4v) is 2.42. The van der Waals surface area contributed by atoms with Gasteiger partial charge in [-0.25, -0.2) is 0 Å². The topological polar surface area (TPSA) is 89.7 Å². The fraction of sp³-hybridized carbons (Fsp3) is 0.438. The number of aromatic nitrogens is 2. The van der Waals surface area contributed by atoms with Crippen molar-refractivity contribution in [1.29, 1.82) is 0 Å². The zero-order chi connectivity index (χ0) is 18.4. The number of benzene rings is 1. The number of carbonyl (C=O) groups excluding carboxylic acids is 1. The van der Waals surface area contributed by atoms with Crippen LogP contribution in [0.5, 0.6) is 11.5 Å². The predicted octanol–water partition coefficient (Wildman–Crippen LogP) is 2.37. The molecule has 25 heavy (non-hydrogen) atoms. The molecule has 0 spiro atoms. The second-order valence-electron chi connectivity index (χ2n) is 5.37. The van der Waals surface area contributed by atoms with Gasteiger partial charge in [0.05, 0.1) is 38.0 Å². The number of nitrogens with zero attached hydrogens (tertiary/aromatic N) is 3. The normalized spacial score (nSPS) is 10.8. The van der Waals surface area contributed by atoms with Crippen LogP contribution < -0.4 is 14.8 Å². The van der Waals surface area contributed by atoms with E-state index in [4.69, 9.17) is 25.6 Å². The molecule has 9 heteroatoms. The molecule has 136 valence electrons. The van der Waals surface area contributed by atoms with Crippen molar-refractivity contribution in [2.45, 2.75) is 19.9 Å². The third-order valence-corrected chi connectivity index (χ3v) is 3.69. The van der Waals surface area contributed by atoms with E-state index in [1.165, 1.54) is 14.2 Å². The lowest BCUT2D eigenvalue weighted by molar-refractivity contribution is -0.117. The van der Waals surface area contributed by atoms with Gasteiger partial charge in [0.1, 0.15) is 11.5 Å². The van der Waals surface area contributed by atoms with Crippen LogP contribution in [0.4, 0.5) is 5.69 Å². The van der Waals surface area contributed by atoms with Crippen molar-refractivity contribution in [2.24, 2.45) is 0 Å². The molecule has 1 N–H and O–H groups in total. The van der Waals surface area contributed by atoms with Gasteiger partial charge < -0.3 is 19.3 Å². The Bertz CT molecular complexity index is 735. The Balaban J connectivity index is 1.98. The minimum absolute atomic E-state index is 0.136. The molecule has 0 aliphatic rings. The van der Waals surface area contributed by atoms with Crippen molar-refractivity contribution in [1.82, 2.24) is 15.0 Å². The molecule has 1 amide bonds. The summed E-state index contributed by atoms with van der Waals surface area (Å²) in [4.78, 5) is 18.2. The molecule has 0 aliphatic heterocycles. The van der Waals surface area contributed by atoms with E-state index < -0.39 is 0 Å². The van der Waals surface area contributed by atoms with Gasteiger partial charge in [-0.05, 0) is 13.1 Å². The summed E-state index contributed by atoms with van der Waals surface area (Å²) in [7, 11) is 4.80. The summed E-state index contributed by atoms with van der Waals surface area (Å²) < 4.78 is 15.5. The molecule has 0 aliphatic carbocycles. The summed E-state index contributed by atoms with van der Waals surface area (Å²) in [6, 6.07) is 3.20. The maximum atomic E-state index is 12.3. The Labute approximate surface area is 151 Å². The average Bonchev–Trinajstić information content (AvgIpc) is 3.02. The molecule has 2 rings (SSSR count). The summed E-state index contributed by atoms with van der Waals surface area (Å²) >= 11 is 6.10. The van der Waals surface area contributed by atoms with Gasteiger partial charge in [-0.3, -0.25) is 9.69 Å². The zero-order valence-electron chi connectivity index (χ0n) is 14.6. The van der Waals surface area contributed by atoms with E-state index in [1.54, 1.807) is 24.1 Å². The van der Waals surface area contributed by atoms with Gasteiger partial charge in [0.25, 0.3) is 0 Å². The number of ether oxygens (including phenoxy) is 2. The lowest BCUT2D eigenvalue weighted by Crippen LogP contribution is -2.30. The molecule has 2 aromatic rings. The van der Waals surface area contributed by atoms with Crippen LogP contribution in [-0.4, -0.2) is 48.8 Å². The van der Waals surface area contributed by atoms with Gasteiger partial charge in [-0.1, -0.05) is 23.7 Å². The summed E-state index contributed by atoms with van der Waals surface area (Å²) in [5, 5.41) is 6.98. The van der Waals surface area contributed by atoms with Crippen LogP contribution in [0.1, 0.15) is 18.6 Å². The fourth-order valence-electron chi connectivity index (χ4n) is 2.18. The Hall–Kier alpha value is -2.32. The zero-order valence-corrected chi connectivity index (χ0v) is 15.4. The minimum atomic E-state index is -0.225. The van der Waals surface area contributed by atoms with E-state index >= 15 is 0 Å².